The third kappa shape index (κ3) is 3.39. The highest BCUT2D eigenvalue weighted by molar-refractivity contribution is 9.10. The number of nitrogens with one attached hydrogen (secondary N) is 1. The zero-order valence-corrected chi connectivity index (χ0v) is 14.0. The Hall–Kier alpha value is -1.52. The van der Waals surface area contributed by atoms with Crippen LogP contribution in [-0.4, -0.2) is 11.2 Å². The Morgan fingerprint density at radius 2 is 1.95 bits per heavy atom. The number of aromatic nitrogens is 1. The highest BCUT2D eigenvalue weighted by Gasteiger charge is 2.03. The van der Waals surface area contributed by atoms with Crippen LogP contribution in [0.2, 0.25) is 0 Å². The molecule has 4 heteroatoms. The van der Waals surface area contributed by atoms with Crippen LogP contribution in [0.25, 0.3) is 10.9 Å². The molecule has 2 nitrogen and oxygen atoms in total. The number of hydrogen-bond acceptors (Lipinski definition) is 3. The second kappa shape index (κ2) is 6.50. The fourth-order valence-electron chi connectivity index (χ4n) is 2.22. The van der Waals surface area contributed by atoms with Crippen LogP contribution in [0.3, 0.4) is 0 Å². The number of benzene rings is 2. The van der Waals surface area contributed by atoms with Crippen LogP contribution in [-0.2, 0) is 6.54 Å². The standard InChI is InChI=1S/C17H15BrN2S/c1-21-15-7-5-12(6-8-15)10-19-16-4-2-3-13-9-14(18)11-20-17(13)16/h2-9,11,19H,10H2,1H3. The molecule has 0 saturated carbocycles. The molecule has 0 fully saturated rings. The van der Waals surface area contributed by atoms with Gasteiger partial charge in [-0.15, -0.1) is 11.8 Å². The molecule has 0 aliphatic rings. The zero-order chi connectivity index (χ0) is 14.7. The summed E-state index contributed by atoms with van der Waals surface area (Å²) in [5.41, 5.74) is 3.33. The van der Waals surface area contributed by atoms with Gasteiger partial charge in [-0.3, -0.25) is 4.98 Å². The van der Waals surface area contributed by atoms with Crippen molar-refractivity contribution in [2.45, 2.75) is 11.4 Å². The largest absolute Gasteiger partial charge is 0.379 e. The Balaban J connectivity index is 1.81. The summed E-state index contributed by atoms with van der Waals surface area (Å²) in [4.78, 5) is 5.80. The van der Waals surface area contributed by atoms with E-state index in [1.165, 1.54) is 10.5 Å². The van der Waals surface area contributed by atoms with Crippen LogP contribution >= 0.6 is 27.7 Å². The minimum absolute atomic E-state index is 0.797. The Morgan fingerprint density at radius 3 is 2.71 bits per heavy atom. The normalized spacial score (nSPS) is 10.8. The van der Waals surface area contributed by atoms with Gasteiger partial charge >= 0.3 is 0 Å². The molecule has 2 aromatic carbocycles. The van der Waals surface area contributed by atoms with Gasteiger partial charge in [0.15, 0.2) is 0 Å². The molecule has 1 N–H and O–H groups in total. The third-order valence-corrected chi connectivity index (χ3v) is 4.50. The van der Waals surface area contributed by atoms with Gasteiger partial charge in [-0.05, 0) is 52.0 Å². The van der Waals surface area contributed by atoms with Crippen molar-refractivity contribution >= 4 is 44.3 Å². The van der Waals surface area contributed by atoms with E-state index in [1.807, 2.05) is 6.20 Å². The first kappa shape index (κ1) is 14.4. The molecule has 3 aromatic rings. The Morgan fingerprint density at radius 1 is 1.14 bits per heavy atom. The molecule has 0 radical (unpaired) electrons. The van der Waals surface area contributed by atoms with E-state index < -0.39 is 0 Å². The van der Waals surface area contributed by atoms with Crippen molar-refractivity contribution in [2.24, 2.45) is 0 Å². The number of fused-ring (bicyclic) bond motifs is 1. The van der Waals surface area contributed by atoms with E-state index in [4.69, 9.17) is 0 Å². The SMILES string of the molecule is CSc1ccc(CNc2cccc3cc(Br)cnc23)cc1. The van der Waals surface area contributed by atoms with E-state index in [0.29, 0.717) is 0 Å². The first-order chi connectivity index (χ1) is 10.3. The van der Waals surface area contributed by atoms with Crippen molar-refractivity contribution in [3.8, 4) is 0 Å². The molecular formula is C17H15BrN2S. The molecule has 0 atom stereocenters. The number of halogens is 1. The van der Waals surface area contributed by atoms with E-state index in [0.717, 1.165) is 27.6 Å². The topological polar surface area (TPSA) is 24.9 Å². The van der Waals surface area contributed by atoms with Crippen molar-refractivity contribution in [3.05, 3.63) is 64.8 Å². The van der Waals surface area contributed by atoms with Crippen molar-refractivity contribution < 1.29 is 0 Å². The molecule has 3 rings (SSSR count). The second-order valence-electron chi connectivity index (χ2n) is 4.73. The number of nitrogens with zero attached hydrogens (tertiary/aromatic N) is 1. The lowest BCUT2D eigenvalue weighted by Crippen LogP contribution is -2.00. The smallest absolute Gasteiger partial charge is 0.0934 e. The Bertz CT molecular complexity index is 756. The lowest BCUT2D eigenvalue weighted by molar-refractivity contribution is 1.14. The quantitative estimate of drug-likeness (QED) is 0.637. The summed E-state index contributed by atoms with van der Waals surface area (Å²) in [5.74, 6) is 0. The molecule has 1 heterocycles. The van der Waals surface area contributed by atoms with E-state index in [9.17, 15) is 0 Å². The summed E-state index contributed by atoms with van der Waals surface area (Å²) in [7, 11) is 0. The van der Waals surface area contributed by atoms with Gasteiger partial charge in [-0.2, -0.15) is 0 Å². The number of thioether (sulfide) groups is 1. The van der Waals surface area contributed by atoms with Crippen molar-refractivity contribution in [2.75, 3.05) is 11.6 Å². The fraction of sp³-hybridized carbons (Fsp3) is 0.118. The van der Waals surface area contributed by atoms with Crippen LogP contribution < -0.4 is 5.32 Å². The highest BCUT2D eigenvalue weighted by Crippen LogP contribution is 2.24. The predicted octanol–water partition coefficient (Wildman–Crippen LogP) is 5.33. The lowest BCUT2D eigenvalue weighted by atomic mass is 10.1. The van der Waals surface area contributed by atoms with Gasteiger partial charge in [0.05, 0.1) is 11.2 Å². The molecule has 0 amide bonds. The van der Waals surface area contributed by atoms with Crippen LogP contribution in [0.1, 0.15) is 5.56 Å². The third-order valence-electron chi connectivity index (χ3n) is 3.32. The predicted molar refractivity (Wildman–Crippen MR) is 95.0 cm³/mol. The number of para-hydroxylation sites is 1. The Kier molecular flexibility index (Phi) is 4.46. The van der Waals surface area contributed by atoms with Crippen LogP contribution in [0, 0.1) is 0 Å². The van der Waals surface area contributed by atoms with Gasteiger partial charge in [0, 0.05) is 27.5 Å². The molecule has 0 aliphatic carbocycles. The monoisotopic (exact) mass is 358 g/mol. The molecule has 0 unspecified atom stereocenters. The van der Waals surface area contributed by atoms with Gasteiger partial charge in [0.25, 0.3) is 0 Å². The summed E-state index contributed by atoms with van der Waals surface area (Å²) >= 11 is 5.22. The van der Waals surface area contributed by atoms with Crippen molar-refractivity contribution in [1.82, 2.24) is 4.98 Å². The van der Waals surface area contributed by atoms with Gasteiger partial charge in [0.2, 0.25) is 0 Å². The highest BCUT2D eigenvalue weighted by atomic mass is 79.9. The summed E-state index contributed by atoms with van der Waals surface area (Å²) in [5, 5.41) is 4.61. The maximum atomic E-state index is 4.51. The van der Waals surface area contributed by atoms with Gasteiger partial charge in [-0.25, -0.2) is 0 Å². The minimum atomic E-state index is 0.797. The molecular weight excluding hydrogens is 344 g/mol. The van der Waals surface area contributed by atoms with E-state index in [2.05, 4.69) is 81.0 Å². The number of anilines is 1. The van der Waals surface area contributed by atoms with Crippen molar-refractivity contribution in [3.63, 3.8) is 0 Å². The van der Waals surface area contributed by atoms with Crippen molar-refractivity contribution in [1.29, 1.82) is 0 Å². The first-order valence-corrected chi connectivity index (χ1v) is 8.69. The van der Waals surface area contributed by atoms with Crippen LogP contribution in [0.15, 0.2) is 64.1 Å². The summed E-state index contributed by atoms with van der Waals surface area (Å²) < 4.78 is 1.000. The lowest BCUT2D eigenvalue weighted by Gasteiger charge is -2.10. The maximum Gasteiger partial charge on any atom is 0.0934 e. The summed E-state index contributed by atoms with van der Waals surface area (Å²) in [6.45, 7) is 0.797. The second-order valence-corrected chi connectivity index (χ2v) is 6.53. The van der Waals surface area contributed by atoms with E-state index in [1.54, 1.807) is 11.8 Å². The van der Waals surface area contributed by atoms with E-state index in [-0.39, 0.29) is 0 Å². The van der Waals surface area contributed by atoms with Crippen LogP contribution in [0.4, 0.5) is 5.69 Å². The minimum Gasteiger partial charge on any atom is -0.379 e. The zero-order valence-electron chi connectivity index (χ0n) is 11.6. The van der Waals surface area contributed by atoms with Gasteiger partial charge < -0.3 is 5.32 Å². The maximum absolute atomic E-state index is 4.51. The molecule has 1 aromatic heterocycles. The average molecular weight is 359 g/mol. The van der Waals surface area contributed by atoms with Crippen LogP contribution in [0.5, 0.6) is 0 Å². The van der Waals surface area contributed by atoms with E-state index >= 15 is 0 Å². The molecule has 0 bridgehead atoms. The molecule has 106 valence electrons. The molecule has 0 spiro atoms. The fourth-order valence-corrected chi connectivity index (χ4v) is 2.97. The molecule has 0 saturated heterocycles. The molecule has 0 aliphatic heterocycles. The molecule has 21 heavy (non-hydrogen) atoms. The first-order valence-electron chi connectivity index (χ1n) is 6.67. The average Bonchev–Trinajstić information content (AvgIpc) is 2.53. The number of hydrogen-bond donors (Lipinski definition) is 1. The summed E-state index contributed by atoms with van der Waals surface area (Å²) in [6.07, 6.45) is 3.92. The summed E-state index contributed by atoms with van der Waals surface area (Å²) in [6, 6.07) is 16.9. The number of pyridine rings is 1. The van der Waals surface area contributed by atoms with Gasteiger partial charge in [0.1, 0.15) is 0 Å². The number of rotatable bonds is 4. The van der Waals surface area contributed by atoms with Gasteiger partial charge in [-0.1, -0.05) is 24.3 Å². The Labute approximate surface area is 137 Å².